The first-order chi connectivity index (χ1) is 7.59. The molecule has 0 saturated carbocycles. The number of hydrogen-bond acceptors (Lipinski definition) is 3. The van der Waals surface area contributed by atoms with Gasteiger partial charge in [-0.15, -0.1) is 11.3 Å². The molecule has 1 atom stereocenters. The third-order valence-electron chi connectivity index (χ3n) is 2.83. The van der Waals surface area contributed by atoms with Crippen LogP contribution in [0.15, 0.2) is 28.3 Å². The highest BCUT2D eigenvalue weighted by Gasteiger charge is 2.25. The van der Waals surface area contributed by atoms with Gasteiger partial charge in [0, 0.05) is 4.88 Å². The number of thiophene rings is 2. The lowest BCUT2D eigenvalue weighted by Crippen LogP contribution is -2.21. The summed E-state index contributed by atoms with van der Waals surface area (Å²) in [6.45, 7) is 3.98. The maximum absolute atomic E-state index is 10.5. The highest BCUT2D eigenvalue weighted by molar-refractivity contribution is 7.10. The van der Waals surface area contributed by atoms with E-state index in [2.05, 4.69) is 29.8 Å². The number of rotatable bonds is 4. The summed E-state index contributed by atoms with van der Waals surface area (Å²) < 4.78 is 0. The van der Waals surface area contributed by atoms with Crippen molar-refractivity contribution in [3.63, 3.8) is 0 Å². The predicted octanol–water partition coefficient (Wildman–Crippen LogP) is 3.96. The summed E-state index contributed by atoms with van der Waals surface area (Å²) in [7, 11) is 0. The molecule has 0 bridgehead atoms. The fourth-order valence-corrected chi connectivity index (χ4v) is 3.58. The van der Waals surface area contributed by atoms with Crippen LogP contribution in [0.4, 0.5) is 0 Å². The Balaban J connectivity index is 2.06. The number of hydrogen-bond donors (Lipinski definition) is 1. The zero-order valence-electron chi connectivity index (χ0n) is 9.56. The van der Waals surface area contributed by atoms with Crippen LogP contribution in [-0.2, 0) is 12.0 Å². The molecule has 3 heteroatoms. The summed E-state index contributed by atoms with van der Waals surface area (Å²) in [5.41, 5.74) is 1.82. The number of aliphatic hydroxyl groups is 1. The topological polar surface area (TPSA) is 20.2 Å². The van der Waals surface area contributed by atoms with Gasteiger partial charge >= 0.3 is 0 Å². The first kappa shape index (κ1) is 11.8. The normalized spacial score (nSPS) is 14.9. The van der Waals surface area contributed by atoms with Gasteiger partial charge in [-0.25, -0.2) is 0 Å². The molecule has 0 aliphatic rings. The smallest absolute Gasteiger partial charge is 0.0965 e. The molecule has 0 aromatic carbocycles. The van der Waals surface area contributed by atoms with Gasteiger partial charge in [0.2, 0.25) is 0 Å². The van der Waals surface area contributed by atoms with Gasteiger partial charge in [-0.05, 0) is 66.1 Å². The molecular formula is C13H16OS2. The Bertz CT molecular complexity index is 440. The minimum absolute atomic E-state index is 0.694. The van der Waals surface area contributed by atoms with Crippen LogP contribution in [0.25, 0.3) is 0 Å². The van der Waals surface area contributed by atoms with Gasteiger partial charge in [0.1, 0.15) is 0 Å². The van der Waals surface area contributed by atoms with Crippen LogP contribution in [0.1, 0.15) is 29.3 Å². The zero-order valence-corrected chi connectivity index (χ0v) is 11.2. The van der Waals surface area contributed by atoms with Crippen LogP contribution in [0, 0.1) is 6.92 Å². The van der Waals surface area contributed by atoms with Crippen molar-refractivity contribution < 1.29 is 5.11 Å². The summed E-state index contributed by atoms with van der Waals surface area (Å²) in [5.74, 6) is 0. The summed E-state index contributed by atoms with van der Waals surface area (Å²) in [4.78, 5) is 1.10. The SMILES string of the molecule is Cc1ccsc1C(C)(O)CCc1ccsc1. The molecule has 2 heterocycles. The molecule has 1 nitrogen and oxygen atoms in total. The molecule has 0 saturated heterocycles. The van der Waals surface area contributed by atoms with Gasteiger partial charge in [0.25, 0.3) is 0 Å². The first-order valence-electron chi connectivity index (χ1n) is 5.37. The van der Waals surface area contributed by atoms with Crippen molar-refractivity contribution in [3.05, 3.63) is 44.3 Å². The lowest BCUT2D eigenvalue weighted by molar-refractivity contribution is 0.0513. The van der Waals surface area contributed by atoms with Gasteiger partial charge in [-0.3, -0.25) is 0 Å². The Kier molecular flexibility index (Phi) is 3.47. The van der Waals surface area contributed by atoms with Crippen molar-refractivity contribution >= 4 is 22.7 Å². The van der Waals surface area contributed by atoms with E-state index < -0.39 is 5.60 Å². The van der Waals surface area contributed by atoms with E-state index in [0.29, 0.717) is 0 Å². The fourth-order valence-electron chi connectivity index (χ4n) is 1.86. The molecule has 1 unspecified atom stereocenters. The Morgan fingerprint density at radius 2 is 2.12 bits per heavy atom. The van der Waals surface area contributed by atoms with Crippen molar-refractivity contribution in [1.29, 1.82) is 0 Å². The van der Waals surface area contributed by atoms with Crippen LogP contribution in [0.5, 0.6) is 0 Å². The van der Waals surface area contributed by atoms with Crippen LogP contribution < -0.4 is 0 Å². The van der Waals surface area contributed by atoms with E-state index in [1.165, 1.54) is 11.1 Å². The van der Waals surface area contributed by atoms with E-state index in [-0.39, 0.29) is 0 Å². The average Bonchev–Trinajstić information content (AvgIpc) is 2.85. The molecule has 0 spiro atoms. The monoisotopic (exact) mass is 252 g/mol. The van der Waals surface area contributed by atoms with Crippen LogP contribution in [-0.4, -0.2) is 5.11 Å². The maximum atomic E-state index is 10.5. The first-order valence-corrected chi connectivity index (χ1v) is 7.20. The maximum Gasteiger partial charge on any atom is 0.0965 e. The largest absolute Gasteiger partial charge is 0.385 e. The fraction of sp³-hybridized carbons (Fsp3) is 0.385. The van der Waals surface area contributed by atoms with Crippen molar-refractivity contribution in [2.45, 2.75) is 32.3 Å². The molecule has 2 aromatic rings. The second-order valence-corrected chi connectivity index (χ2v) is 6.03. The Morgan fingerprint density at radius 3 is 2.69 bits per heavy atom. The molecule has 2 aromatic heterocycles. The standard InChI is InChI=1S/C13H16OS2/c1-10-4-8-16-12(10)13(2,14)6-3-11-5-7-15-9-11/h4-5,7-9,14H,3,6H2,1-2H3. The summed E-state index contributed by atoms with van der Waals surface area (Å²) in [5, 5.41) is 16.7. The molecule has 0 amide bonds. The van der Waals surface area contributed by atoms with E-state index in [1.807, 2.05) is 12.3 Å². The van der Waals surface area contributed by atoms with Crippen molar-refractivity contribution in [3.8, 4) is 0 Å². The summed E-state index contributed by atoms with van der Waals surface area (Å²) >= 11 is 3.36. The van der Waals surface area contributed by atoms with E-state index in [4.69, 9.17) is 0 Å². The molecule has 1 N–H and O–H groups in total. The van der Waals surface area contributed by atoms with E-state index in [1.54, 1.807) is 22.7 Å². The van der Waals surface area contributed by atoms with Gasteiger partial charge in [0.05, 0.1) is 5.60 Å². The Morgan fingerprint density at radius 1 is 1.31 bits per heavy atom. The second kappa shape index (κ2) is 4.70. The highest BCUT2D eigenvalue weighted by Crippen LogP contribution is 2.32. The quantitative estimate of drug-likeness (QED) is 0.873. The molecule has 0 fully saturated rings. The molecular weight excluding hydrogens is 236 g/mol. The molecule has 86 valence electrons. The Labute approximate surface area is 104 Å². The summed E-state index contributed by atoms with van der Waals surface area (Å²) in [6, 6.07) is 4.20. The second-order valence-electron chi connectivity index (χ2n) is 4.34. The molecule has 0 aliphatic heterocycles. The van der Waals surface area contributed by atoms with Crippen molar-refractivity contribution in [2.75, 3.05) is 0 Å². The molecule has 0 radical (unpaired) electrons. The highest BCUT2D eigenvalue weighted by atomic mass is 32.1. The van der Waals surface area contributed by atoms with Crippen molar-refractivity contribution in [2.24, 2.45) is 0 Å². The molecule has 16 heavy (non-hydrogen) atoms. The van der Waals surface area contributed by atoms with Crippen LogP contribution in [0.3, 0.4) is 0 Å². The van der Waals surface area contributed by atoms with Gasteiger partial charge in [-0.1, -0.05) is 0 Å². The number of aryl methyl sites for hydroxylation is 2. The van der Waals surface area contributed by atoms with Crippen molar-refractivity contribution in [1.82, 2.24) is 0 Å². The van der Waals surface area contributed by atoms with Crippen LogP contribution in [0.2, 0.25) is 0 Å². The predicted molar refractivity (Wildman–Crippen MR) is 71.3 cm³/mol. The van der Waals surface area contributed by atoms with E-state index in [9.17, 15) is 5.11 Å². The lowest BCUT2D eigenvalue weighted by Gasteiger charge is -2.22. The van der Waals surface area contributed by atoms with E-state index in [0.717, 1.165) is 17.7 Å². The third kappa shape index (κ3) is 2.54. The Hall–Kier alpha value is -0.640. The van der Waals surface area contributed by atoms with Gasteiger partial charge in [0.15, 0.2) is 0 Å². The minimum atomic E-state index is -0.694. The minimum Gasteiger partial charge on any atom is -0.385 e. The molecule has 0 aliphatic carbocycles. The average molecular weight is 252 g/mol. The van der Waals surface area contributed by atoms with Gasteiger partial charge < -0.3 is 5.11 Å². The van der Waals surface area contributed by atoms with Crippen LogP contribution >= 0.6 is 22.7 Å². The zero-order chi connectivity index (χ0) is 11.6. The molecule has 2 rings (SSSR count). The third-order valence-corrected chi connectivity index (χ3v) is 4.83. The lowest BCUT2D eigenvalue weighted by atomic mass is 9.94. The summed E-state index contributed by atoms with van der Waals surface area (Å²) in [6.07, 6.45) is 1.72. The van der Waals surface area contributed by atoms with E-state index >= 15 is 0 Å². The van der Waals surface area contributed by atoms with Gasteiger partial charge in [-0.2, -0.15) is 11.3 Å².